The van der Waals surface area contributed by atoms with Crippen LogP contribution in [0.4, 0.5) is 4.39 Å². The van der Waals surface area contributed by atoms with Crippen molar-refractivity contribution in [2.75, 3.05) is 26.7 Å². The Hall–Kier alpha value is -2.11. The molecule has 1 fully saturated rings. The van der Waals surface area contributed by atoms with Crippen molar-refractivity contribution in [1.82, 2.24) is 16.0 Å². The van der Waals surface area contributed by atoms with Crippen molar-refractivity contribution in [2.45, 2.75) is 38.5 Å². The summed E-state index contributed by atoms with van der Waals surface area (Å²) in [6.07, 6.45) is 6.33. The Morgan fingerprint density at radius 3 is 2.56 bits per heavy atom. The van der Waals surface area contributed by atoms with Crippen LogP contribution >= 0.6 is 0 Å². The maximum atomic E-state index is 13.1. The number of amides is 1. The third-order valence-corrected chi connectivity index (χ3v) is 4.51. The number of nitrogens with one attached hydrogen (secondary N) is 3. The summed E-state index contributed by atoms with van der Waals surface area (Å²) < 4.78 is 13.1. The van der Waals surface area contributed by atoms with Crippen LogP contribution in [0.5, 0.6) is 0 Å². The molecule has 0 saturated heterocycles. The Bertz CT molecular complexity index is 570. The molecule has 1 aliphatic carbocycles. The monoisotopic (exact) mass is 348 g/mol. The van der Waals surface area contributed by atoms with Gasteiger partial charge < -0.3 is 16.0 Å². The van der Waals surface area contributed by atoms with Crippen molar-refractivity contribution in [3.8, 4) is 0 Å². The summed E-state index contributed by atoms with van der Waals surface area (Å²) in [5, 5.41) is 9.36. The number of carbonyl (C=O) groups is 1. The van der Waals surface area contributed by atoms with Gasteiger partial charge in [-0.3, -0.25) is 9.79 Å². The quantitative estimate of drug-likeness (QED) is 0.402. The highest BCUT2D eigenvalue weighted by Gasteiger charge is 2.20. The molecule has 6 heteroatoms. The lowest BCUT2D eigenvalue weighted by molar-refractivity contribution is -0.125. The second kappa shape index (κ2) is 10.7. The average Bonchev–Trinajstić information content (AvgIpc) is 2.64. The van der Waals surface area contributed by atoms with Crippen molar-refractivity contribution >= 4 is 11.9 Å². The van der Waals surface area contributed by atoms with Crippen LogP contribution < -0.4 is 16.0 Å². The van der Waals surface area contributed by atoms with Gasteiger partial charge >= 0.3 is 0 Å². The van der Waals surface area contributed by atoms with E-state index in [0.717, 1.165) is 37.7 Å². The third kappa shape index (κ3) is 7.11. The zero-order valence-electron chi connectivity index (χ0n) is 15.0. The Morgan fingerprint density at radius 2 is 1.84 bits per heavy atom. The molecule has 0 atom stereocenters. The van der Waals surface area contributed by atoms with Crippen molar-refractivity contribution in [1.29, 1.82) is 0 Å². The minimum Gasteiger partial charge on any atom is -0.356 e. The highest BCUT2D eigenvalue weighted by atomic mass is 19.1. The molecule has 1 aromatic carbocycles. The number of carbonyl (C=O) groups excluding carboxylic acids is 1. The van der Waals surface area contributed by atoms with Gasteiger partial charge in [-0.05, 0) is 37.0 Å². The maximum absolute atomic E-state index is 13.1. The third-order valence-electron chi connectivity index (χ3n) is 4.51. The molecule has 0 spiro atoms. The molecular weight excluding hydrogens is 319 g/mol. The first-order valence-electron chi connectivity index (χ1n) is 9.15. The fraction of sp³-hybridized carbons (Fsp3) is 0.579. The largest absolute Gasteiger partial charge is 0.356 e. The molecule has 1 amide bonds. The summed E-state index contributed by atoms with van der Waals surface area (Å²) in [5.74, 6) is 0.838. The van der Waals surface area contributed by atoms with Gasteiger partial charge in [-0.25, -0.2) is 4.39 Å². The second-order valence-electron chi connectivity index (χ2n) is 6.43. The molecule has 5 nitrogen and oxygen atoms in total. The van der Waals surface area contributed by atoms with Crippen LogP contribution in [-0.2, 0) is 11.2 Å². The Balaban J connectivity index is 1.59. The summed E-state index contributed by atoms with van der Waals surface area (Å²) in [7, 11) is 1.71. The summed E-state index contributed by atoms with van der Waals surface area (Å²) in [5.41, 5.74) is 0.947. The van der Waals surface area contributed by atoms with E-state index < -0.39 is 0 Å². The molecule has 3 N–H and O–H groups in total. The Morgan fingerprint density at radius 1 is 1.12 bits per heavy atom. The van der Waals surface area contributed by atoms with E-state index in [0.29, 0.717) is 25.6 Å². The Labute approximate surface area is 149 Å². The summed E-state index contributed by atoms with van der Waals surface area (Å²) in [4.78, 5) is 16.2. The van der Waals surface area contributed by atoms with Gasteiger partial charge in [-0.1, -0.05) is 31.4 Å². The fourth-order valence-electron chi connectivity index (χ4n) is 3.11. The fourth-order valence-corrected chi connectivity index (χ4v) is 3.11. The van der Waals surface area contributed by atoms with Crippen molar-refractivity contribution in [3.05, 3.63) is 35.6 Å². The molecule has 0 aliphatic heterocycles. The average molecular weight is 348 g/mol. The van der Waals surface area contributed by atoms with Crippen molar-refractivity contribution in [2.24, 2.45) is 10.9 Å². The molecule has 0 heterocycles. The number of hydrogen-bond acceptors (Lipinski definition) is 2. The first-order chi connectivity index (χ1) is 12.2. The van der Waals surface area contributed by atoms with E-state index in [2.05, 4.69) is 20.9 Å². The molecule has 0 radical (unpaired) electrons. The maximum Gasteiger partial charge on any atom is 0.223 e. The summed E-state index contributed by atoms with van der Waals surface area (Å²) in [6, 6.07) is 6.60. The predicted octanol–water partition coefficient (Wildman–Crippen LogP) is 2.23. The van der Waals surface area contributed by atoms with Crippen LogP contribution in [0, 0.1) is 11.7 Å². The molecule has 1 aromatic rings. The number of nitrogens with zero attached hydrogens (tertiary/aromatic N) is 1. The lowest BCUT2D eigenvalue weighted by Gasteiger charge is -2.21. The van der Waals surface area contributed by atoms with Gasteiger partial charge in [-0.15, -0.1) is 0 Å². The number of halogens is 1. The summed E-state index contributed by atoms with van der Waals surface area (Å²) in [6.45, 7) is 1.87. The minimum atomic E-state index is -0.214. The number of rotatable bonds is 7. The minimum absolute atomic E-state index is 0.176. The number of guanidine groups is 1. The van der Waals surface area contributed by atoms with Crippen LogP contribution in [0.2, 0.25) is 0 Å². The van der Waals surface area contributed by atoms with Crippen LogP contribution in [0.1, 0.15) is 37.7 Å². The zero-order chi connectivity index (χ0) is 17.9. The van der Waals surface area contributed by atoms with Gasteiger partial charge in [0.05, 0.1) is 0 Å². The van der Waals surface area contributed by atoms with Crippen LogP contribution in [-0.4, -0.2) is 38.5 Å². The number of aliphatic imine (C=N–C) groups is 1. The van der Waals surface area contributed by atoms with Gasteiger partial charge in [0.1, 0.15) is 5.82 Å². The number of benzene rings is 1. The highest BCUT2D eigenvalue weighted by Crippen LogP contribution is 2.23. The van der Waals surface area contributed by atoms with Crippen LogP contribution in [0.15, 0.2) is 29.3 Å². The smallest absolute Gasteiger partial charge is 0.223 e. The lowest BCUT2D eigenvalue weighted by atomic mass is 9.89. The van der Waals surface area contributed by atoms with Gasteiger partial charge in [0.2, 0.25) is 5.91 Å². The number of hydrogen-bond donors (Lipinski definition) is 3. The Kier molecular flexibility index (Phi) is 8.22. The first kappa shape index (κ1) is 19.2. The normalized spacial score (nSPS) is 15.7. The molecule has 0 unspecified atom stereocenters. The van der Waals surface area contributed by atoms with Crippen LogP contribution in [0.3, 0.4) is 0 Å². The molecule has 0 bridgehead atoms. The zero-order valence-corrected chi connectivity index (χ0v) is 15.0. The van der Waals surface area contributed by atoms with Crippen molar-refractivity contribution < 1.29 is 9.18 Å². The molecule has 0 aromatic heterocycles. The van der Waals surface area contributed by atoms with Crippen molar-refractivity contribution in [3.63, 3.8) is 0 Å². The lowest BCUT2D eigenvalue weighted by Crippen LogP contribution is -2.43. The van der Waals surface area contributed by atoms with E-state index in [4.69, 9.17) is 0 Å². The van der Waals surface area contributed by atoms with Gasteiger partial charge in [-0.2, -0.15) is 0 Å². The van der Waals surface area contributed by atoms with E-state index in [-0.39, 0.29) is 17.6 Å². The molecule has 1 saturated carbocycles. The standard InChI is InChI=1S/C19H29FN4O/c1-21-19(23-11-10-15-6-5-9-17(20)14-15)24-13-12-22-18(25)16-7-3-2-4-8-16/h5-6,9,14,16H,2-4,7-8,10-13H2,1H3,(H,22,25)(H2,21,23,24). The predicted molar refractivity (Wildman–Crippen MR) is 99.1 cm³/mol. The van der Waals surface area contributed by atoms with E-state index in [1.165, 1.54) is 12.5 Å². The summed E-state index contributed by atoms with van der Waals surface area (Å²) >= 11 is 0. The molecule has 2 rings (SSSR count). The van der Waals surface area contributed by atoms with Crippen LogP contribution in [0.25, 0.3) is 0 Å². The molecule has 1 aliphatic rings. The van der Waals surface area contributed by atoms with Gasteiger partial charge in [0, 0.05) is 32.6 Å². The molecule has 138 valence electrons. The van der Waals surface area contributed by atoms with Gasteiger partial charge in [0.25, 0.3) is 0 Å². The van der Waals surface area contributed by atoms with E-state index in [1.807, 2.05) is 6.07 Å². The van der Waals surface area contributed by atoms with E-state index >= 15 is 0 Å². The second-order valence-corrected chi connectivity index (χ2v) is 6.43. The molecule has 25 heavy (non-hydrogen) atoms. The highest BCUT2D eigenvalue weighted by molar-refractivity contribution is 5.80. The van der Waals surface area contributed by atoms with Gasteiger partial charge in [0.15, 0.2) is 5.96 Å². The van der Waals surface area contributed by atoms with E-state index in [1.54, 1.807) is 19.2 Å². The molecular formula is C19H29FN4O. The topological polar surface area (TPSA) is 65.5 Å². The first-order valence-corrected chi connectivity index (χ1v) is 9.15. The van der Waals surface area contributed by atoms with E-state index in [9.17, 15) is 9.18 Å². The SMILES string of the molecule is CN=C(NCCNC(=O)C1CCCCC1)NCCc1cccc(F)c1.